The second kappa shape index (κ2) is 5.10. The summed E-state index contributed by atoms with van der Waals surface area (Å²) in [5, 5.41) is 0. The SMILES string of the molecule is CCS(=O)(=O)c1ccccc1N1CCCC(=O)C1. The van der Waals surface area contributed by atoms with Crippen LogP contribution >= 0.6 is 0 Å². The average Bonchev–Trinajstić information content (AvgIpc) is 2.39. The van der Waals surface area contributed by atoms with Gasteiger partial charge in [0.15, 0.2) is 15.6 Å². The van der Waals surface area contributed by atoms with Crippen molar-refractivity contribution in [3.8, 4) is 0 Å². The highest BCUT2D eigenvalue weighted by Crippen LogP contribution is 2.27. The number of carbonyl (C=O) groups is 1. The van der Waals surface area contributed by atoms with E-state index in [4.69, 9.17) is 0 Å². The zero-order valence-electron chi connectivity index (χ0n) is 10.4. The first kappa shape index (κ1) is 13.1. The van der Waals surface area contributed by atoms with Crippen LogP contribution in [-0.4, -0.2) is 33.0 Å². The van der Waals surface area contributed by atoms with Gasteiger partial charge in [0.2, 0.25) is 0 Å². The van der Waals surface area contributed by atoms with E-state index in [2.05, 4.69) is 0 Å². The van der Waals surface area contributed by atoms with Crippen LogP contribution in [0, 0.1) is 0 Å². The quantitative estimate of drug-likeness (QED) is 0.835. The van der Waals surface area contributed by atoms with Crippen LogP contribution in [0.1, 0.15) is 19.8 Å². The Morgan fingerprint density at radius 2 is 2.00 bits per heavy atom. The largest absolute Gasteiger partial charge is 0.363 e. The third-order valence-electron chi connectivity index (χ3n) is 3.17. The molecule has 4 nitrogen and oxygen atoms in total. The zero-order valence-corrected chi connectivity index (χ0v) is 11.2. The molecule has 0 aromatic heterocycles. The Morgan fingerprint density at radius 1 is 1.28 bits per heavy atom. The van der Waals surface area contributed by atoms with Crippen LogP contribution < -0.4 is 4.90 Å². The fourth-order valence-corrected chi connectivity index (χ4v) is 3.29. The van der Waals surface area contributed by atoms with Crippen molar-refractivity contribution in [2.24, 2.45) is 0 Å². The van der Waals surface area contributed by atoms with Gasteiger partial charge in [-0.05, 0) is 18.6 Å². The number of hydrogen-bond donors (Lipinski definition) is 0. The Bertz CT molecular complexity index is 551. The van der Waals surface area contributed by atoms with E-state index >= 15 is 0 Å². The fraction of sp³-hybridized carbons (Fsp3) is 0.462. The summed E-state index contributed by atoms with van der Waals surface area (Å²) in [6.45, 7) is 2.69. The molecule has 0 spiro atoms. The summed E-state index contributed by atoms with van der Waals surface area (Å²) in [4.78, 5) is 13.7. The van der Waals surface area contributed by atoms with E-state index in [1.54, 1.807) is 25.1 Å². The van der Waals surface area contributed by atoms with Gasteiger partial charge in [-0.1, -0.05) is 19.1 Å². The number of para-hydroxylation sites is 1. The normalized spacial score (nSPS) is 16.9. The molecule has 2 rings (SSSR count). The first-order valence-corrected chi connectivity index (χ1v) is 7.78. The predicted molar refractivity (Wildman–Crippen MR) is 70.6 cm³/mol. The Hall–Kier alpha value is -1.36. The van der Waals surface area contributed by atoms with Crippen LogP contribution in [0.4, 0.5) is 5.69 Å². The summed E-state index contributed by atoms with van der Waals surface area (Å²) in [5.41, 5.74) is 0.660. The molecule has 1 heterocycles. The molecule has 1 aromatic carbocycles. The smallest absolute Gasteiger partial charge is 0.180 e. The number of rotatable bonds is 3. The summed E-state index contributed by atoms with van der Waals surface area (Å²) >= 11 is 0. The molecular weight excluding hydrogens is 250 g/mol. The Kier molecular flexibility index (Phi) is 3.71. The third kappa shape index (κ3) is 2.56. The fourth-order valence-electron chi connectivity index (χ4n) is 2.18. The van der Waals surface area contributed by atoms with Crippen molar-refractivity contribution >= 4 is 21.3 Å². The highest BCUT2D eigenvalue weighted by atomic mass is 32.2. The van der Waals surface area contributed by atoms with Crippen LogP contribution in [0.15, 0.2) is 29.2 Å². The predicted octanol–water partition coefficient (Wildman–Crippen LogP) is 1.65. The van der Waals surface area contributed by atoms with Gasteiger partial charge in [0.05, 0.1) is 22.9 Å². The topological polar surface area (TPSA) is 54.5 Å². The minimum Gasteiger partial charge on any atom is -0.363 e. The van der Waals surface area contributed by atoms with E-state index in [1.165, 1.54) is 0 Å². The Balaban J connectivity index is 2.42. The van der Waals surface area contributed by atoms with Crippen LogP contribution in [0.3, 0.4) is 0 Å². The molecule has 98 valence electrons. The number of anilines is 1. The van der Waals surface area contributed by atoms with E-state index < -0.39 is 9.84 Å². The number of piperidine rings is 1. The van der Waals surface area contributed by atoms with Crippen LogP contribution in [-0.2, 0) is 14.6 Å². The summed E-state index contributed by atoms with van der Waals surface area (Å²) in [6, 6.07) is 6.93. The summed E-state index contributed by atoms with van der Waals surface area (Å²) < 4.78 is 24.1. The Labute approximate surface area is 108 Å². The number of benzene rings is 1. The third-order valence-corrected chi connectivity index (χ3v) is 4.95. The lowest BCUT2D eigenvalue weighted by molar-refractivity contribution is -0.118. The monoisotopic (exact) mass is 267 g/mol. The summed E-state index contributed by atoms with van der Waals surface area (Å²) in [7, 11) is -3.25. The molecule has 0 amide bonds. The summed E-state index contributed by atoms with van der Waals surface area (Å²) in [6.07, 6.45) is 1.39. The maximum absolute atomic E-state index is 12.0. The number of carbonyl (C=O) groups excluding carboxylic acids is 1. The van der Waals surface area contributed by atoms with Gasteiger partial charge < -0.3 is 4.90 Å². The molecule has 0 saturated carbocycles. The molecule has 1 aromatic rings. The van der Waals surface area contributed by atoms with Gasteiger partial charge in [0, 0.05) is 13.0 Å². The van der Waals surface area contributed by atoms with Crippen molar-refractivity contribution in [1.29, 1.82) is 0 Å². The first-order chi connectivity index (χ1) is 8.54. The Morgan fingerprint density at radius 3 is 2.67 bits per heavy atom. The van der Waals surface area contributed by atoms with Crippen molar-refractivity contribution in [2.45, 2.75) is 24.7 Å². The molecule has 18 heavy (non-hydrogen) atoms. The van der Waals surface area contributed by atoms with Gasteiger partial charge in [-0.2, -0.15) is 0 Å². The molecule has 0 atom stereocenters. The van der Waals surface area contributed by atoms with E-state index in [0.717, 1.165) is 13.0 Å². The van der Waals surface area contributed by atoms with Gasteiger partial charge >= 0.3 is 0 Å². The van der Waals surface area contributed by atoms with Gasteiger partial charge in [-0.15, -0.1) is 0 Å². The maximum Gasteiger partial charge on any atom is 0.180 e. The lowest BCUT2D eigenvalue weighted by atomic mass is 10.1. The van der Waals surface area contributed by atoms with E-state index in [0.29, 0.717) is 23.5 Å². The number of nitrogens with zero attached hydrogens (tertiary/aromatic N) is 1. The highest BCUT2D eigenvalue weighted by molar-refractivity contribution is 7.91. The minimum absolute atomic E-state index is 0.0752. The molecule has 0 N–H and O–H groups in total. The highest BCUT2D eigenvalue weighted by Gasteiger charge is 2.23. The molecule has 0 bridgehead atoms. The van der Waals surface area contributed by atoms with E-state index in [1.807, 2.05) is 11.0 Å². The van der Waals surface area contributed by atoms with E-state index in [-0.39, 0.29) is 11.5 Å². The summed E-state index contributed by atoms with van der Waals surface area (Å²) in [5.74, 6) is 0.246. The standard InChI is InChI=1S/C13H17NO3S/c1-2-18(16,17)13-8-4-3-7-12(13)14-9-5-6-11(15)10-14/h3-4,7-8H,2,5-6,9-10H2,1H3. The first-order valence-electron chi connectivity index (χ1n) is 6.13. The second-order valence-corrected chi connectivity index (χ2v) is 6.68. The van der Waals surface area contributed by atoms with Gasteiger partial charge in [0.25, 0.3) is 0 Å². The number of ketones is 1. The lowest BCUT2D eigenvalue weighted by Gasteiger charge is -2.29. The molecule has 1 aliphatic heterocycles. The number of hydrogen-bond acceptors (Lipinski definition) is 4. The molecule has 1 aliphatic rings. The molecule has 1 saturated heterocycles. The van der Waals surface area contributed by atoms with Crippen molar-refractivity contribution in [3.63, 3.8) is 0 Å². The van der Waals surface area contributed by atoms with Crippen molar-refractivity contribution in [2.75, 3.05) is 23.7 Å². The molecule has 1 fully saturated rings. The average molecular weight is 267 g/mol. The number of sulfone groups is 1. The zero-order chi connectivity index (χ0) is 13.2. The van der Waals surface area contributed by atoms with Crippen molar-refractivity contribution < 1.29 is 13.2 Å². The van der Waals surface area contributed by atoms with Crippen LogP contribution in [0.5, 0.6) is 0 Å². The molecule has 5 heteroatoms. The van der Waals surface area contributed by atoms with Crippen molar-refractivity contribution in [3.05, 3.63) is 24.3 Å². The van der Waals surface area contributed by atoms with Gasteiger partial charge in [0.1, 0.15) is 0 Å². The van der Waals surface area contributed by atoms with Gasteiger partial charge in [-0.3, -0.25) is 4.79 Å². The van der Waals surface area contributed by atoms with Crippen LogP contribution in [0.2, 0.25) is 0 Å². The lowest BCUT2D eigenvalue weighted by Crippen LogP contribution is -2.36. The molecular formula is C13H17NO3S. The van der Waals surface area contributed by atoms with Crippen molar-refractivity contribution in [1.82, 2.24) is 0 Å². The van der Waals surface area contributed by atoms with Crippen LogP contribution in [0.25, 0.3) is 0 Å². The maximum atomic E-state index is 12.0. The number of Topliss-reactive ketones (excluding diaryl/α,β-unsaturated/α-hetero) is 1. The molecule has 0 unspecified atom stereocenters. The minimum atomic E-state index is -3.25. The second-order valence-electron chi connectivity index (χ2n) is 4.43. The van der Waals surface area contributed by atoms with Gasteiger partial charge in [-0.25, -0.2) is 8.42 Å². The molecule has 0 radical (unpaired) electrons. The molecule has 0 aliphatic carbocycles. The van der Waals surface area contributed by atoms with E-state index in [9.17, 15) is 13.2 Å².